The van der Waals surface area contributed by atoms with Crippen LogP contribution in [0.1, 0.15) is 12.6 Å². The van der Waals surface area contributed by atoms with E-state index in [0.29, 0.717) is 61.1 Å². The number of rotatable bonds is 9. The van der Waals surface area contributed by atoms with Gasteiger partial charge in [-0.25, -0.2) is 4.98 Å². The van der Waals surface area contributed by atoms with Gasteiger partial charge in [-0.3, -0.25) is 4.79 Å². The molecule has 1 fully saturated rings. The van der Waals surface area contributed by atoms with Crippen molar-refractivity contribution in [3.8, 4) is 23.1 Å². The summed E-state index contributed by atoms with van der Waals surface area (Å²) in [6, 6.07) is 5.04. The minimum atomic E-state index is -0.348. The average molecular weight is 432 g/mol. The molecule has 1 aliphatic heterocycles. The summed E-state index contributed by atoms with van der Waals surface area (Å²) in [5, 5.41) is 2.77. The Morgan fingerprint density at radius 2 is 1.74 bits per heavy atom. The maximum Gasteiger partial charge on any atom is 0.262 e. The Balaban J connectivity index is 1.68. The molecule has 0 aliphatic carbocycles. The van der Waals surface area contributed by atoms with Crippen molar-refractivity contribution in [1.82, 2.24) is 9.97 Å². The number of carbonyl (C=O) groups excluding carboxylic acids is 1. The second-order valence-corrected chi connectivity index (χ2v) is 6.70. The molecular formula is C21H28N4O6. The highest BCUT2D eigenvalue weighted by atomic mass is 16.5. The lowest BCUT2D eigenvalue weighted by Gasteiger charge is -2.27. The Morgan fingerprint density at radius 3 is 2.32 bits per heavy atom. The van der Waals surface area contributed by atoms with E-state index in [0.717, 1.165) is 12.1 Å². The van der Waals surface area contributed by atoms with Gasteiger partial charge in [-0.15, -0.1) is 0 Å². The Kier molecular flexibility index (Phi) is 7.71. The Hall–Kier alpha value is -3.27. The van der Waals surface area contributed by atoms with Gasteiger partial charge < -0.3 is 33.9 Å². The second kappa shape index (κ2) is 10.7. The number of aromatic nitrogens is 2. The van der Waals surface area contributed by atoms with Gasteiger partial charge in [0.05, 0.1) is 34.5 Å². The Bertz CT molecular complexity index is 876. The first-order valence-electron chi connectivity index (χ1n) is 10.0. The molecule has 0 unspecified atom stereocenters. The third-order valence-corrected chi connectivity index (χ3v) is 4.70. The number of carbonyl (C=O) groups is 1. The molecule has 31 heavy (non-hydrogen) atoms. The number of aryl methyl sites for hydroxylation is 1. The normalized spacial score (nSPS) is 13.5. The number of amides is 1. The van der Waals surface area contributed by atoms with Crippen molar-refractivity contribution < 1.29 is 28.5 Å². The third-order valence-electron chi connectivity index (χ3n) is 4.70. The number of hydrogen-bond acceptors (Lipinski definition) is 9. The van der Waals surface area contributed by atoms with Crippen molar-refractivity contribution in [1.29, 1.82) is 0 Å². The lowest BCUT2D eigenvalue weighted by Crippen LogP contribution is -2.37. The summed E-state index contributed by atoms with van der Waals surface area (Å²) in [6.07, 6.45) is 0.730. The predicted octanol–water partition coefficient (Wildman–Crippen LogP) is 1.92. The van der Waals surface area contributed by atoms with E-state index in [9.17, 15) is 4.79 Å². The van der Waals surface area contributed by atoms with Crippen molar-refractivity contribution >= 4 is 17.5 Å². The first-order chi connectivity index (χ1) is 15.1. The van der Waals surface area contributed by atoms with E-state index in [2.05, 4.69) is 15.3 Å². The molecule has 1 saturated heterocycles. The van der Waals surface area contributed by atoms with Gasteiger partial charge in [0.2, 0.25) is 17.6 Å². The maximum atomic E-state index is 12.5. The van der Waals surface area contributed by atoms with Gasteiger partial charge >= 0.3 is 0 Å². The minimum Gasteiger partial charge on any atom is -0.493 e. The first-order valence-corrected chi connectivity index (χ1v) is 10.0. The summed E-state index contributed by atoms with van der Waals surface area (Å²) < 4.78 is 27.0. The van der Waals surface area contributed by atoms with Crippen LogP contribution in [0.15, 0.2) is 18.2 Å². The molecule has 0 atom stereocenters. The number of methoxy groups -OCH3 is 3. The van der Waals surface area contributed by atoms with Gasteiger partial charge in [0.1, 0.15) is 0 Å². The van der Waals surface area contributed by atoms with E-state index in [-0.39, 0.29) is 12.5 Å². The van der Waals surface area contributed by atoms with Crippen LogP contribution in [-0.2, 0) is 16.0 Å². The monoisotopic (exact) mass is 432 g/mol. The molecule has 2 heterocycles. The molecule has 0 saturated carbocycles. The maximum absolute atomic E-state index is 12.5. The van der Waals surface area contributed by atoms with Gasteiger partial charge in [-0.2, -0.15) is 4.98 Å². The summed E-state index contributed by atoms with van der Waals surface area (Å²) in [5.41, 5.74) is 1.34. The van der Waals surface area contributed by atoms with Gasteiger partial charge in [0.25, 0.3) is 5.91 Å². The number of morpholine rings is 1. The van der Waals surface area contributed by atoms with Crippen molar-refractivity contribution in [2.24, 2.45) is 0 Å². The summed E-state index contributed by atoms with van der Waals surface area (Å²) in [5.74, 6) is 1.92. The predicted molar refractivity (Wildman–Crippen MR) is 115 cm³/mol. The molecule has 168 valence electrons. The number of nitrogens with one attached hydrogen (secondary N) is 1. The van der Waals surface area contributed by atoms with E-state index < -0.39 is 0 Å². The number of anilines is 2. The number of hydrogen-bond donors (Lipinski definition) is 1. The lowest BCUT2D eigenvalue weighted by atomic mass is 10.2. The average Bonchev–Trinajstić information content (AvgIpc) is 2.82. The Morgan fingerprint density at radius 1 is 1.06 bits per heavy atom. The third kappa shape index (κ3) is 5.66. The fourth-order valence-electron chi connectivity index (χ4n) is 3.11. The number of benzene rings is 1. The molecule has 10 heteroatoms. The zero-order valence-corrected chi connectivity index (χ0v) is 18.3. The molecule has 3 rings (SSSR count). The van der Waals surface area contributed by atoms with Gasteiger partial charge in [-0.05, 0) is 6.42 Å². The highest BCUT2D eigenvalue weighted by Gasteiger charge is 2.17. The fourth-order valence-corrected chi connectivity index (χ4v) is 3.11. The van der Waals surface area contributed by atoms with Crippen LogP contribution in [0, 0.1) is 0 Å². The zero-order valence-electron chi connectivity index (χ0n) is 18.3. The van der Waals surface area contributed by atoms with E-state index in [1.165, 1.54) is 21.3 Å². The molecule has 2 aromatic rings. The largest absolute Gasteiger partial charge is 0.493 e. The SMILES string of the molecule is CCc1cc(OCC(=O)Nc2cc(OC)c(OC)c(OC)c2)nc(N2CCOCC2)n1. The van der Waals surface area contributed by atoms with Crippen LogP contribution < -0.4 is 29.2 Å². The highest BCUT2D eigenvalue weighted by Crippen LogP contribution is 2.39. The molecule has 1 N–H and O–H groups in total. The molecule has 1 aliphatic rings. The van der Waals surface area contributed by atoms with Crippen molar-refractivity contribution in [3.63, 3.8) is 0 Å². The molecule has 0 bridgehead atoms. The van der Waals surface area contributed by atoms with Crippen LogP contribution in [0.5, 0.6) is 23.1 Å². The van der Waals surface area contributed by atoms with Crippen LogP contribution in [0.3, 0.4) is 0 Å². The van der Waals surface area contributed by atoms with Crippen molar-refractivity contribution in [3.05, 3.63) is 23.9 Å². The lowest BCUT2D eigenvalue weighted by molar-refractivity contribution is -0.118. The molecule has 1 aromatic heterocycles. The number of ether oxygens (including phenoxy) is 5. The van der Waals surface area contributed by atoms with E-state index in [1.54, 1.807) is 18.2 Å². The zero-order chi connectivity index (χ0) is 22.2. The van der Waals surface area contributed by atoms with Crippen molar-refractivity contribution in [2.45, 2.75) is 13.3 Å². The summed E-state index contributed by atoms with van der Waals surface area (Å²) in [4.78, 5) is 23.5. The molecule has 1 aromatic carbocycles. The van der Waals surface area contributed by atoms with Crippen LogP contribution in [0.4, 0.5) is 11.6 Å². The molecule has 10 nitrogen and oxygen atoms in total. The van der Waals surface area contributed by atoms with Gasteiger partial charge in [0, 0.05) is 42.7 Å². The summed E-state index contributed by atoms with van der Waals surface area (Å²) in [6.45, 7) is 4.49. The molecular weight excluding hydrogens is 404 g/mol. The smallest absolute Gasteiger partial charge is 0.262 e. The van der Waals surface area contributed by atoms with Gasteiger partial charge in [-0.1, -0.05) is 6.92 Å². The van der Waals surface area contributed by atoms with Crippen molar-refractivity contribution in [2.75, 3.05) is 64.5 Å². The minimum absolute atomic E-state index is 0.209. The summed E-state index contributed by atoms with van der Waals surface area (Å²) >= 11 is 0. The van der Waals surface area contributed by atoms with Crippen LogP contribution in [0.25, 0.3) is 0 Å². The van der Waals surface area contributed by atoms with Crippen LogP contribution in [0.2, 0.25) is 0 Å². The van der Waals surface area contributed by atoms with E-state index in [4.69, 9.17) is 23.7 Å². The topological polar surface area (TPSA) is 104 Å². The van der Waals surface area contributed by atoms with E-state index in [1.807, 2.05) is 11.8 Å². The molecule has 0 radical (unpaired) electrons. The highest BCUT2D eigenvalue weighted by molar-refractivity contribution is 5.92. The van der Waals surface area contributed by atoms with Gasteiger partial charge in [0.15, 0.2) is 18.1 Å². The second-order valence-electron chi connectivity index (χ2n) is 6.70. The molecule has 1 amide bonds. The first kappa shape index (κ1) is 22.4. The van der Waals surface area contributed by atoms with Crippen LogP contribution in [-0.4, -0.2) is 70.1 Å². The standard InChI is InChI=1S/C21H28N4O6/c1-5-14-12-19(24-21(23-14)25-6-8-30-9-7-25)31-13-18(26)22-15-10-16(27-2)20(29-4)17(11-15)28-3/h10-12H,5-9,13H2,1-4H3,(H,22,26). The van der Waals surface area contributed by atoms with E-state index >= 15 is 0 Å². The Labute approximate surface area is 181 Å². The fraction of sp³-hybridized carbons (Fsp3) is 0.476. The number of nitrogens with zero attached hydrogens (tertiary/aromatic N) is 3. The summed E-state index contributed by atoms with van der Waals surface area (Å²) in [7, 11) is 4.54. The molecule has 0 spiro atoms. The quantitative estimate of drug-likeness (QED) is 0.636. The van der Waals surface area contributed by atoms with Crippen LogP contribution >= 0.6 is 0 Å².